The second-order valence-corrected chi connectivity index (χ2v) is 4.75. The zero-order valence-electron chi connectivity index (χ0n) is 11.4. The molecule has 1 aromatic rings. The summed E-state index contributed by atoms with van der Waals surface area (Å²) >= 11 is 0. The van der Waals surface area contributed by atoms with Crippen LogP contribution in [-0.4, -0.2) is 23.0 Å². The summed E-state index contributed by atoms with van der Waals surface area (Å²) in [5.41, 5.74) is 1.08. The number of carbonyl (C=O) groups excluding carboxylic acids is 1. The first kappa shape index (κ1) is 15.2. The van der Waals surface area contributed by atoms with Gasteiger partial charge in [-0.1, -0.05) is 50.6 Å². The van der Waals surface area contributed by atoms with Crippen molar-refractivity contribution in [2.75, 3.05) is 0 Å². The fourth-order valence-electron chi connectivity index (χ4n) is 1.83. The molecule has 0 saturated carbocycles. The van der Waals surface area contributed by atoms with Crippen LogP contribution in [-0.2, 0) is 16.0 Å². The smallest absolute Gasteiger partial charge is 0.326 e. The molecule has 4 heteroatoms. The Hall–Kier alpha value is -1.84. The lowest BCUT2D eigenvalue weighted by Gasteiger charge is -2.20. The average molecular weight is 263 g/mol. The van der Waals surface area contributed by atoms with Crippen molar-refractivity contribution in [3.63, 3.8) is 0 Å². The molecule has 0 aromatic heterocycles. The minimum Gasteiger partial charge on any atom is -0.480 e. The molecule has 0 bridgehead atoms. The van der Waals surface area contributed by atoms with E-state index in [-0.39, 0.29) is 11.8 Å². The first-order valence-corrected chi connectivity index (χ1v) is 6.60. The fourth-order valence-corrected chi connectivity index (χ4v) is 1.83. The third kappa shape index (κ3) is 5.12. The van der Waals surface area contributed by atoms with Gasteiger partial charge in [-0.05, 0) is 17.9 Å². The largest absolute Gasteiger partial charge is 0.480 e. The molecule has 2 atom stereocenters. The third-order valence-electron chi connectivity index (χ3n) is 3.28. The van der Waals surface area contributed by atoms with Crippen LogP contribution in [0.3, 0.4) is 0 Å². The van der Waals surface area contributed by atoms with Crippen molar-refractivity contribution < 1.29 is 14.7 Å². The monoisotopic (exact) mass is 263 g/mol. The van der Waals surface area contributed by atoms with Crippen LogP contribution in [0.4, 0.5) is 0 Å². The molecule has 1 amide bonds. The average Bonchev–Trinajstić information content (AvgIpc) is 2.42. The second-order valence-electron chi connectivity index (χ2n) is 4.75. The van der Waals surface area contributed by atoms with Gasteiger partial charge in [-0.15, -0.1) is 0 Å². The van der Waals surface area contributed by atoms with Crippen LogP contribution in [0.2, 0.25) is 0 Å². The maximum Gasteiger partial charge on any atom is 0.326 e. The van der Waals surface area contributed by atoms with Crippen LogP contribution in [0.1, 0.15) is 32.3 Å². The van der Waals surface area contributed by atoms with Crippen molar-refractivity contribution in [3.05, 3.63) is 35.9 Å². The summed E-state index contributed by atoms with van der Waals surface area (Å²) in [5, 5.41) is 11.7. The summed E-state index contributed by atoms with van der Waals surface area (Å²) in [7, 11) is 0. The summed E-state index contributed by atoms with van der Waals surface area (Å²) in [5.74, 6) is -1.25. The third-order valence-corrected chi connectivity index (χ3v) is 3.28. The first-order valence-electron chi connectivity index (χ1n) is 6.60. The number of benzene rings is 1. The van der Waals surface area contributed by atoms with Crippen molar-refractivity contribution >= 4 is 11.9 Å². The summed E-state index contributed by atoms with van der Waals surface area (Å²) in [6.45, 7) is 3.74. The van der Waals surface area contributed by atoms with Crippen LogP contribution in [0.15, 0.2) is 30.3 Å². The molecule has 1 rings (SSSR count). The van der Waals surface area contributed by atoms with E-state index in [9.17, 15) is 9.59 Å². The summed E-state index contributed by atoms with van der Waals surface area (Å²) in [4.78, 5) is 22.9. The van der Waals surface area contributed by atoms with Crippen LogP contribution < -0.4 is 5.32 Å². The standard InChI is InChI=1S/C15H21NO3/c1-3-11(2)14(15(18)19)16-13(17)10-9-12-7-5-4-6-8-12/h4-8,11,14H,3,9-10H2,1-2H3,(H,16,17)(H,18,19)/t11?,14-/m0/s1. The Morgan fingerprint density at radius 3 is 2.42 bits per heavy atom. The van der Waals surface area contributed by atoms with Gasteiger partial charge in [-0.3, -0.25) is 4.79 Å². The molecule has 0 saturated heterocycles. The summed E-state index contributed by atoms with van der Waals surface area (Å²) < 4.78 is 0. The molecule has 0 heterocycles. The predicted molar refractivity (Wildman–Crippen MR) is 73.8 cm³/mol. The van der Waals surface area contributed by atoms with E-state index in [0.29, 0.717) is 12.8 Å². The van der Waals surface area contributed by atoms with E-state index in [2.05, 4.69) is 5.32 Å². The van der Waals surface area contributed by atoms with Gasteiger partial charge in [0.05, 0.1) is 0 Å². The highest BCUT2D eigenvalue weighted by Crippen LogP contribution is 2.09. The minimum absolute atomic E-state index is 0.0711. The number of amides is 1. The molecule has 1 unspecified atom stereocenters. The van der Waals surface area contributed by atoms with E-state index < -0.39 is 12.0 Å². The van der Waals surface area contributed by atoms with Crippen molar-refractivity contribution in [3.8, 4) is 0 Å². The SMILES string of the molecule is CCC(C)[C@H](NC(=O)CCc1ccccc1)C(=O)O. The van der Waals surface area contributed by atoms with Crippen molar-refractivity contribution in [1.29, 1.82) is 0 Å². The lowest BCUT2D eigenvalue weighted by molar-refractivity contribution is -0.143. The number of aliphatic carboxylic acids is 1. The number of nitrogens with one attached hydrogen (secondary N) is 1. The zero-order valence-corrected chi connectivity index (χ0v) is 11.4. The van der Waals surface area contributed by atoms with Crippen LogP contribution >= 0.6 is 0 Å². The molecule has 0 radical (unpaired) electrons. The van der Waals surface area contributed by atoms with Crippen molar-refractivity contribution in [2.45, 2.75) is 39.2 Å². The van der Waals surface area contributed by atoms with Gasteiger partial charge in [0.15, 0.2) is 0 Å². The molecule has 4 nitrogen and oxygen atoms in total. The molecule has 0 aliphatic carbocycles. The van der Waals surface area contributed by atoms with Crippen LogP contribution in [0, 0.1) is 5.92 Å². The molecule has 104 valence electrons. The van der Waals surface area contributed by atoms with Gasteiger partial charge >= 0.3 is 5.97 Å². The number of aryl methyl sites for hydroxylation is 1. The Morgan fingerprint density at radius 1 is 1.26 bits per heavy atom. The molecule has 19 heavy (non-hydrogen) atoms. The molecule has 0 spiro atoms. The quantitative estimate of drug-likeness (QED) is 0.792. The van der Waals surface area contributed by atoms with Crippen molar-refractivity contribution in [2.24, 2.45) is 5.92 Å². The Labute approximate surface area is 113 Å². The van der Waals surface area contributed by atoms with E-state index in [1.54, 1.807) is 0 Å². The van der Waals surface area contributed by atoms with Gasteiger partial charge in [0.25, 0.3) is 0 Å². The number of carbonyl (C=O) groups is 2. The van der Waals surface area contributed by atoms with E-state index in [4.69, 9.17) is 5.11 Å². The Balaban J connectivity index is 2.47. The van der Waals surface area contributed by atoms with Gasteiger partial charge in [-0.25, -0.2) is 4.79 Å². The number of rotatable bonds is 7. The Bertz CT molecular complexity index is 417. The number of carboxylic acid groups (broad SMARTS) is 1. The zero-order chi connectivity index (χ0) is 14.3. The van der Waals surface area contributed by atoms with E-state index in [1.165, 1.54) is 0 Å². The molecule has 1 aromatic carbocycles. The van der Waals surface area contributed by atoms with Gasteiger partial charge in [0, 0.05) is 6.42 Å². The minimum atomic E-state index is -0.970. The highest BCUT2D eigenvalue weighted by molar-refractivity contribution is 5.83. The van der Waals surface area contributed by atoms with Crippen molar-refractivity contribution in [1.82, 2.24) is 5.32 Å². The highest BCUT2D eigenvalue weighted by atomic mass is 16.4. The Morgan fingerprint density at radius 2 is 1.89 bits per heavy atom. The molecule has 0 aliphatic heterocycles. The lowest BCUT2D eigenvalue weighted by atomic mass is 9.99. The first-order chi connectivity index (χ1) is 9.04. The van der Waals surface area contributed by atoms with E-state index >= 15 is 0 Å². The van der Waals surface area contributed by atoms with Gasteiger partial charge in [0.2, 0.25) is 5.91 Å². The second kappa shape index (κ2) is 7.56. The maximum absolute atomic E-state index is 11.8. The predicted octanol–water partition coefficient (Wildman–Crippen LogP) is 2.23. The topological polar surface area (TPSA) is 66.4 Å². The summed E-state index contributed by atoms with van der Waals surface area (Å²) in [6.07, 6.45) is 1.65. The lowest BCUT2D eigenvalue weighted by Crippen LogP contribution is -2.45. The number of hydrogen-bond acceptors (Lipinski definition) is 2. The normalized spacial score (nSPS) is 13.6. The molecule has 0 aliphatic rings. The van der Waals surface area contributed by atoms with Crippen LogP contribution in [0.5, 0.6) is 0 Å². The fraction of sp³-hybridized carbons (Fsp3) is 0.467. The molecule has 0 fully saturated rings. The maximum atomic E-state index is 11.8. The van der Waals surface area contributed by atoms with Gasteiger partial charge < -0.3 is 10.4 Å². The number of carboxylic acids is 1. The summed E-state index contributed by atoms with van der Waals surface area (Å²) in [6, 6.07) is 8.88. The van der Waals surface area contributed by atoms with Gasteiger partial charge in [-0.2, -0.15) is 0 Å². The highest BCUT2D eigenvalue weighted by Gasteiger charge is 2.24. The molecular weight excluding hydrogens is 242 g/mol. The molecular formula is C15H21NO3. The van der Waals surface area contributed by atoms with E-state index in [0.717, 1.165) is 12.0 Å². The van der Waals surface area contributed by atoms with E-state index in [1.807, 2.05) is 44.2 Å². The molecule has 2 N–H and O–H groups in total. The number of hydrogen-bond donors (Lipinski definition) is 2. The Kier molecular flexibility index (Phi) is 6.06. The van der Waals surface area contributed by atoms with Crippen LogP contribution in [0.25, 0.3) is 0 Å². The van der Waals surface area contributed by atoms with Gasteiger partial charge in [0.1, 0.15) is 6.04 Å².